The molecule has 2 rings (SSSR count). The lowest BCUT2D eigenvalue weighted by Crippen LogP contribution is -2.33. The first-order valence-electron chi connectivity index (χ1n) is 6.18. The quantitative estimate of drug-likeness (QED) is 0.872. The van der Waals surface area contributed by atoms with E-state index < -0.39 is 0 Å². The lowest BCUT2D eigenvalue weighted by Gasteiger charge is -2.23. The fourth-order valence-corrected chi connectivity index (χ4v) is 2.83. The van der Waals surface area contributed by atoms with E-state index in [2.05, 4.69) is 59.4 Å². The summed E-state index contributed by atoms with van der Waals surface area (Å²) in [4.78, 5) is 0. The highest BCUT2D eigenvalue weighted by Crippen LogP contribution is 2.27. The van der Waals surface area contributed by atoms with Gasteiger partial charge in [-0.2, -0.15) is 0 Å². The Hall–Kier alpha value is -0.340. The highest BCUT2D eigenvalue weighted by Gasteiger charge is 2.24. The molecule has 1 aromatic carbocycles. The molecule has 1 fully saturated rings. The second-order valence-electron chi connectivity index (χ2n) is 4.95. The Morgan fingerprint density at radius 1 is 1.25 bits per heavy atom. The van der Waals surface area contributed by atoms with Gasteiger partial charge in [-0.3, -0.25) is 0 Å². The summed E-state index contributed by atoms with van der Waals surface area (Å²) in [5, 5.41) is 3.75. The van der Waals surface area contributed by atoms with E-state index in [0.29, 0.717) is 12.1 Å². The van der Waals surface area contributed by atoms with Crippen molar-refractivity contribution in [1.82, 2.24) is 5.32 Å². The van der Waals surface area contributed by atoms with Gasteiger partial charge in [-0.05, 0) is 43.4 Å². The molecule has 88 valence electrons. The van der Waals surface area contributed by atoms with Gasteiger partial charge in [0.1, 0.15) is 0 Å². The zero-order chi connectivity index (χ0) is 11.5. The topological polar surface area (TPSA) is 12.0 Å². The van der Waals surface area contributed by atoms with Gasteiger partial charge in [0.15, 0.2) is 0 Å². The third kappa shape index (κ3) is 2.86. The van der Waals surface area contributed by atoms with Crippen molar-refractivity contribution in [2.24, 2.45) is 5.92 Å². The number of rotatable bonds is 3. The largest absolute Gasteiger partial charge is 0.307 e. The molecule has 0 spiro atoms. The molecular formula is C14H20BrN. The molecule has 1 aromatic rings. The smallest absolute Gasteiger partial charge is 0.0294 e. The molecule has 0 aliphatic heterocycles. The lowest BCUT2D eigenvalue weighted by atomic mass is 10.0. The minimum atomic E-state index is 0.457. The second kappa shape index (κ2) is 5.33. The van der Waals surface area contributed by atoms with Crippen LogP contribution in [-0.4, -0.2) is 6.04 Å². The van der Waals surface area contributed by atoms with Crippen LogP contribution in [0.4, 0.5) is 0 Å². The van der Waals surface area contributed by atoms with E-state index >= 15 is 0 Å². The summed E-state index contributed by atoms with van der Waals surface area (Å²) < 4.78 is 1.15. The Bertz CT molecular complexity index is 333. The van der Waals surface area contributed by atoms with Gasteiger partial charge in [-0.25, -0.2) is 0 Å². The van der Waals surface area contributed by atoms with Crippen molar-refractivity contribution in [3.05, 3.63) is 34.3 Å². The van der Waals surface area contributed by atoms with Gasteiger partial charge >= 0.3 is 0 Å². The van der Waals surface area contributed by atoms with Crippen LogP contribution in [0.3, 0.4) is 0 Å². The van der Waals surface area contributed by atoms with Crippen LogP contribution in [0, 0.1) is 5.92 Å². The van der Waals surface area contributed by atoms with Gasteiger partial charge < -0.3 is 5.32 Å². The van der Waals surface area contributed by atoms with Crippen LogP contribution < -0.4 is 5.32 Å². The van der Waals surface area contributed by atoms with Crippen molar-refractivity contribution in [3.63, 3.8) is 0 Å². The number of hydrogen-bond acceptors (Lipinski definition) is 1. The molecule has 0 amide bonds. The highest BCUT2D eigenvalue weighted by atomic mass is 79.9. The summed E-state index contributed by atoms with van der Waals surface area (Å²) >= 11 is 3.47. The zero-order valence-corrected chi connectivity index (χ0v) is 11.6. The third-order valence-electron chi connectivity index (χ3n) is 3.70. The molecule has 3 unspecified atom stereocenters. The van der Waals surface area contributed by atoms with E-state index in [0.717, 1.165) is 10.4 Å². The summed E-state index contributed by atoms with van der Waals surface area (Å²) in [6.07, 6.45) is 4.10. The van der Waals surface area contributed by atoms with Gasteiger partial charge in [0.05, 0.1) is 0 Å². The Balaban J connectivity index is 1.97. The first kappa shape index (κ1) is 12.1. The maximum Gasteiger partial charge on any atom is 0.0294 e. The predicted octanol–water partition coefficient (Wildman–Crippen LogP) is 4.29. The number of halogens is 1. The van der Waals surface area contributed by atoms with Crippen LogP contribution in [0.2, 0.25) is 0 Å². The predicted molar refractivity (Wildman–Crippen MR) is 72.5 cm³/mol. The van der Waals surface area contributed by atoms with Crippen LogP contribution in [0.1, 0.15) is 44.7 Å². The lowest BCUT2D eigenvalue weighted by molar-refractivity contribution is 0.388. The van der Waals surface area contributed by atoms with Crippen molar-refractivity contribution in [2.45, 2.75) is 45.2 Å². The van der Waals surface area contributed by atoms with Crippen LogP contribution in [0.5, 0.6) is 0 Å². The van der Waals surface area contributed by atoms with Crippen LogP contribution in [-0.2, 0) is 0 Å². The van der Waals surface area contributed by atoms with E-state index in [4.69, 9.17) is 0 Å². The molecule has 1 nitrogen and oxygen atoms in total. The molecule has 0 radical (unpaired) electrons. The van der Waals surface area contributed by atoms with E-state index in [1.165, 1.54) is 24.8 Å². The molecule has 2 heteroatoms. The summed E-state index contributed by atoms with van der Waals surface area (Å²) in [5.74, 6) is 0.831. The van der Waals surface area contributed by atoms with Crippen LogP contribution >= 0.6 is 15.9 Å². The second-order valence-corrected chi connectivity index (χ2v) is 5.87. The summed E-state index contributed by atoms with van der Waals surface area (Å²) in [5.41, 5.74) is 1.38. The zero-order valence-electron chi connectivity index (χ0n) is 10.0. The molecule has 0 saturated heterocycles. The maximum absolute atomic E-state index is 3.75. The fraction of sp³-hybridized carbons (Fsp3) is 0.571. The van der Waals surface area contributed by atoms with Crippen molar-refractivity contribution >= 4 is 15.9 Å². The Morgan fingerprint density at radius 2 is 1.94 bits per heavy atom. The standard InChI is InChI=1S/C14H20BrN/c1-10-4-3-5-14(10)16-11(2)12-6-8-13(15)9-7-12/h6-11,14,16H,3-5H2,1-2H3. The maximum atomic E-state index is 3.75. The van der Waals surface area contributed by atoms with Gasteiger partial charge in [0.25, 0.3) is 0 Å². The van der Waals surface area contributed by atoms with Crippen molar-refractivity contribution in [3.8, 4) is 0 Å². The van der Waals surface area contributed by atoms with E-state index in [1.807, 2.05) is 0 Å². The summed E-state index contributed by atoms with van der Waals surface area (Å²) in [6, 6.07) is 9.79. The SMILES string of the molecule is CC(NC1CCCC1C)c1ccc(Br)cc1. The van der Waals surface area contributed by atoms with E-state index in [9.17, 15) is 0 Å². The molecule has 1 N–H and O–H groups in total. The average Bonchev–Trinajstić information content (AvgIpc) is 2.65. The Morgan fingerprint density at radius 3 is 2.50 bits per heavy atom. The van der Waals surface area contributed by atoms with Crippen molar-refractivity contribution in [2.75, 3.05) is 0 Å². The average molecular weight is 282 g/mol. The van der Waals surface area contributed by atoms with E-state index in [-0.39, 0.29) is 0 Å². The molecule has 16 heavy (non-hydrogen) atoms. The highest BCUT2D eigenvalue weighted by molar-refractivity contribution is 9.10. The number of nitrogens with one attached hydrogen (secondary N) is 1. The first-order chi connectivity index (χ1) is 7.66. The molecule has 0 heterocycles. The molecule has 1 aliphatic rings. The molecule has 1 aliphatic carbocycles. The van der Waals surface area contributed by atoms with Crippen LogP contribution in [0.15, 0.2) is 28.7 Å². The van der Waals surface area contributed by atoms with Crippen LogP contribution in [0.25, 0.3) is 0 Å². The van der Waals surface area contributed by atoms with Crippen molar-refractivity contribution in [1.29, 1.82) is 0 Å². The molecular weight excluding hydrogens is 262 g/mol. The summed E-state index contributed by atoms with van der Waals surface area (Å²) in [6.45, 7) is 4.62. The number of benzene rings is 1. The molecule has 3 atom stereocenters. The summed E-state index contributed by atoms with van der Waals surface area (Å²) in [7, 11) is 0. The fourth-order valence-electron chi connectivity index (χ4n) is 2.56. The Kier molecular flexibility index (Phi) is 4.04. The number of hydrogen-bond donors (Lipinski definition) is 1. The molecule has 0 aromatic heterocycles. The monoisotopic (exact) mass is 281 g/mol. The van der Waals surface area contributed by atoms with Gasteiger partial charge in [0.2, 0.25) is 0 Å². The molecule has 0 bridgehead atoms. The van der Waals surface area contributed by atoms with Gasteiger partial charge in [-0.1, -0.05) is 41.4 Å². The van der Waals surface area contributed by atoms with Gasteiger partial charge in [0, 0.05) is 16.6 Å². The van der Waals surface area contributed by atoms with Gasteiger partial charge in [-0.15, -0.1) is 0 Å². The minimum absolute atomic E-state index is 0.457. The van der Waals surface area contributed by atoms with E-state index in [1.54, 1.807) is 0 Å². The van der Waals surface area contributed by atoms with Crippen molar-refractivity contribution < 1.29 is 0 Å². The molecule has 1 saturated carbocycles. The normalized spacial score (nSPS) is 26.9. The minimum Gasteiger partial charge on any atom is -0.307 e. The first-order valence-corrected chi connectivity index (χ1v) is 6.97. The third-order valence-corrected chi connectivity index (χ3v) is 4.22. The Labute approximate surface area is 107 Å².